The van der Waals surface area contributed by atoms with Crippen molar-refractivity contribution in [2.45, 2.75) is 63.8 Å². The Balaban J connectivity index is 1.83. The summed E-state index contributed by atoms with van der Waals surface area (Å²) in [6.45, 7) is 4.13. The number of rotatable bonds is 4. The molecule has 5 nitrogen and oxygen atoms in total. The van der Waals surface area contributed by atoms with Crippen LogP contribution in [0.25, 0.3) is 0 Å². The SMILES string of the molecule is CCCNC(=O)C1CCN(C(=O)C2(N)CCCCC2)CC1. The van der Waals surface area contributed by atoms with Gasteiger partial charge in [0.15, 0.2) is 0 Å². The van der Waals surface area contributed by atoms with Crippen molar-refractivity contribution in [1.82, 2.24) is 10.2 Å². The molecule has 0 aromatic carbocycles. The monoisotopic (exact) mass is 295 g/mol. The number of nitrogens with one attached hydrogen (secondary N) is 1. The van der Waals surface area contributed by atoms with E-state index >= 15 is 0 Å². The molecule has 1 saturated heterocycles. The lowest BCUT2D eigenvalue weighted by Gasteiger charge is -2.39. The summed E-state index contributed by atoms with van der Waals surface area (Å²) < 4.78 is 0. The number of nitrogens with two attached hydrogens (primary N) is 1. The number of nitrogens with zero attached hydrogens (tertiary/aromatic N) is 1. The van der Waals surface area contributed by atoms with E-state index < -0.39 is 5.54 Å². The van der Waals surface area contributed by atoms with Crippen LogP contribution in [0.15, 0.2) is 0 Å². The molecule has 21 heavy (non-hydrogen) atoms. The predicted molar refractivity (Wildman–Crippen MR) is 82.6 cm³/mol. The lowest BCUT2D eigenvalue weighted by atomic mass is 9.81. The molecule has 0 atom stereocenters. The first-order valence-corrected chi connectivity index (χ1v) is 8.43. The second-order valence-corrected chi connectivity index (χ2v) is 6.57. The second-order valence-electron chi connectivity index (χ2n) is 6.57. The van der Waals surface area contributed by atoms with E-state index in [2.05, 4.69) is 5.32 Å². The molecule has 0 aromatic rings. The lowest BCUT2D eigenvalue weighted by Crippen LogP contribution is -2.58. The number of likely N-dealkylation sites (tertiary alicyclic amines) is 1. The summed E-state index contributed by atoms with van der Waals surface area (Å²) in [4.78, 5) is 26.5. The van der Waals surface area contributed by atoms with Gasteiger partial charge in [0.25, 0.3) is 0 Å². The Kier molecular flexibility index (Phi) is 5.62. The van der Waals surface area contributed by atoms with Crippen molar-refractivity contribution in [3.63, 3.8) is 0 Å². The van der Waals surface area contributed by atoms with Crippen LogP contribution < -0.4 is 11.1 Å². The van der Waals surface area contributed by atoms with Crippen molar-refractivity contribution in [2.24, 2.45) is 11.7 Å². The van der Waals surface area contributed by atoms with Gasteiger partial charge in [0.2, 0.25) is 11.8 Å². The van der Waals surface area contributed by atoms with E-state index in [-0.39, 0.29) is 17.7 Å². The van der Waals surface area contributed by atoms with Gasteiger partial charge in [-0.2, -0.15) is 0 Å². The minimum atomic E-state index is -0.643. The molecule has 2 amide bonds. The molecule has 0 bridgehead atoms. The Hall–Kier alpha value is -1.10. The maximum absolute atomic E-state index is 12.6. The third-order valence-corrected chi connectivity index (χ3v) is 4.87. The molecule has 0 spiro atoms. The third kappa shape index (κ3) is 3.96. The maximum atomic E-state index is 12.6. The molecule has 1 saturated carbocycles. The molecular formula is C16H29N3O2. The molecule has 2 fully saturated rings. The van der Waals surface area contributed by atoms with E-state index in [0.29, 0.717) is 13.1 Å². The highest BCUT2D eigenvalue weighted by Gasteiger charge is 2.39. The zero-order valence-corrected chi connectivity index (χ0v) is 13.2. The summed E-state index contributed by atoms with van der Waals surface area (Å²) in [7, 11) is 0. The van der Waals surface area contributed by atoms with E-state index in [9.17, 15) is 9.59 Å². The van der Waals surface area contributed by atoms with Gasteiger partial charge in [-0.1, -0.05) is 26.2 Å². The Morgan fingerprint density at radius 1 is 1.19 bits per heavy atom. The van der Waals surface area contributed by atoms with Crippen LogP contribution in [0, 0.1) is 5.92 Å². The molecule has 3 N–H and O–H groups in total. The Bertz CT molecular complexity index is 370. The largest absolute Gasteiger partial charge is 0.356 e. The Morgan fingerprint density at radius 2 is 1.81 bits per heavy atom. The van der Waals surface area contributed by atoms with Crippen molar-refractivity contribution < 1.29 is 9.59 Å². The van der Waals surface area contributed by atoms with Crippen LogP contribution in [0.2, 0.25) is 0 Å². The summed E-state index contributed by atoms with van der Waals surface area (Å²) in [6, 6.07) is 0. The van der Waals surface area contributed by atoms with Crippen LogP contribution >= 0.6 is 0 Å². The van der Waals surface area contributed by atoms with Crippen LogP contribution in [0.4, 0.5) is 0 Å². The standard InChI is InChI=1S/C16H29N3O2/c1-2-10-18-14(20)13-6-11-19(12-7-13)15(21)16(17)8-4-3-5-9-16/h13H,2-12,17H2,1H3,(H,18,20). The van der Waals surface area contributed by atoms with Crippen LogP contribution in [-0.4, -0.2) is 41.9 Å². The van der Waals surface area contributed by atoms with Gasteiger partial charge in [-0.15, -0.1) is 0 Å². The van der Waals surface area contributed by atoms with Crippen LogP contribution in [-0.2, 0) is 9.59 Å². The zero-order chi connectivity index (χ0) is 15.3. The first kappa shape index (κ1) is 16.3. The summed E-state index contributed by atoms with van der Waals surface area (Å²) in [5.74, 6) is 0.305. The van der Waals surface area contributed by atoms with E-state index in [0.717, 1.165) is 51.5 Å². The fourth-order valence-electron chi connectivity index (χ4n) is 3.45. The van der Waals surface area contributed by atoms with E-state index in [1.165, 1.54) is 6.42 Å². The van der Waals surface area contributed by atoms with Crippen LogP contribution in [0.3, 0.4) is 0 Å². The number of amides is 2. The number of carbonyl (C=O) groups excluding carboxylic acids is 2. The van der Waals surface area contributed by atoms with E-state index in [1.54, 1.807) is 0 Å². The molecule has 0 aromatic heterocycles. The quantitative estimate of drug-likeness (QED) is 0.823. The predicted octanol–water partition coefficient (Wildman–Crippen LogP) is 1.41. The minimum absolute atomic E-state index is 0.0562. The van der Waals surface area contributed by atoms with Gasteiger partial charge in [0.1, 0.15) is 0 Å². The van der Waals surface area contributed by atoms with Crippen LogP contribution in [0.5, 0.6) is 0 Å². The summed E-state index contributed by atoms with van der Waals surface area (Å²) >= 11 is 0. The highest BCUT2D eigenvalue weighted by molar-refractivity contribution is 5.86. The molecule has 120 valence electrons. The molecule has 0 unspecified atom stereocenters. The van der Waals surface area contributed by atoms with E-state index in [1.807, 2.05) is 11.8 Å². The zero-order valence-electron chi connectivity index (χ0n) is 13.2. The average Bonchev–Trinajstić information content (AvgIpc) is 2.52. The van der Waals surface area contributed by atoms with E-state index in [4.69, 9.17) is 5.73 Å². The molecule has 0 radical (unpaired) electrons. The molecule has 2 rings (SSSR count). The van der Waals surface area contributed by atoms with Gasteiger partial charge in [-0.05, 0) is 32.1 Å². The highest BCUT2D eigenvalue weighted by atomic mass is 16.2. The first-order chi connectivity index (χ1) is 10.1. The molecule has 1 aliphatic carbocycles. The van der Waals surface area contributed by atoms with Crippen molar-refractivity contribution >= 4 is 11.8 Å². The molecule has 1 heterocycles. The molecule has 5 heteroatoms. The van der Waals surface area contributed by atoms with Crippen molar-refractivity contribution in [1.29, 1.82) is 0 Å². The lowest BCUT2D eigenvalue weighted by molar-refractivity contribution is -0.141. The summed E-state index contributed by atoms with van der Waals surface area (Å²) in [6.07, 6.45) is 7.39. The fourth-order valence-corrected chi connectivity index (χ4v) is 3.45. The summed E-state index contributed by atoms with van der Waals surface area (Å²) in [5, 5.41) is 2.95. The number of carbonyl (C=O) groups is 2. The number of hydrogen-bond acceptors (Lipinski definition) is 3. The third-order valence-electron chi connectivity index (χ3n) is 4.87. The topological polar surface area (TPSA) is 75.4 Å². The van der Waals surface area contributed by atoms with Crippen molar-refractivity contribution in [3.8, 4) is 0 Å². The van der Waals surface area contributed by atoms with Gasteiger partial charge in [0.05, 0.1) is 5.54 Å². The van der Waals surface area contributed by atoms with Crippen molar-refractivity contribution in [3.05, 3.63) is 0 Å². The fraction of sp³-hybridized carbons (Fsp3) is 0.875. The highest BCUT2D eigenvalue weighted by Crippen LogP contribution is 2.29. The minimum Gasteiger partial charge on any atom is -0.356 e. The van der Waals surface area contributed by atoms with Gasteiger partial charge < -0.3 is 16.0 Å². The molecule has 2 aliphatic rings. The van der Waals surface area contributed by atoms with Gasteiger partial charge in [-0.25, -0.2) is 0 Å². The van der Waals surface area contributed by atoms with Gasteiger partial charge in [0, 0.05) is 25.6 Å². The van der Waals surface area contributed by atoms with Gasteiger partial charge in [-0.3, -0.25) is 9.59 Å². The number of hydrogen-bond donors (Lipinski definition) is 2. The Morgan fingerprint density at radius 3 is 2.38 bits per heavy atom. The average molecular weight is 295 g/mol. The van der Waals surface area contributed by atoms with Crippen LogP contribution in [0.1, 0.15) is 58.3 Å². The normalized spacial score (nSPS) is 22.9. The maximum Gasteiger partial charge on any atom is 0.242 e. The molecule has 1 aliphatic heterocycles. The second kappa shape index (κ2) is 7.25. The smallest absolute Gasteiger partial charge is 0.242 e. The van der Waals surface area contributed by atoms with Crippen molar-refractivity contribution in [2.75, 3.05) is 19.6 Å². The summed E-state index contributed by atoms with van der Waals surface area (Å²) in [5.41, 5.74) is 5.68. The first-order valence-electron chi connectivity index (χ1n) is 8.43. The molecular weight excluding hydrogens is 266 g/mol. The number of piperidine rings is 1. The Labute approximate surface area is 127 Å². The van der Waals surface area contributed by atoms with Gasteiger partial charge >= 0.3 is 0 Å².